The smallest absolute Gasteiger partial charge is 0.251 e. The van der Waals surface area contributed by atoms with Crippen molar-refractivity contribution in [2.45, 2.75) is 6.10 Å². The lowest BCUT2D eigenvalue weighted by Crippen LogP contribution is -2.28. The van der Waals surface area contributed by atoms with Crippen LogP contribution in [-0.4, -0.2) is 17.6 Å². The van der Waals surface area contributed by atoms with Crippen LogP contribution in [0.15, 0.2) is 53.0 Å². The first-order chi connectivity index (χ1) is 9.58. The molecule has 0 aromatic heterocycles. The zero-order valence-electron chi connectivity index (χ0n) is 10.7. The van der Waals surface area contributed by atoms with E-state index in [0.29, 0.717) is 15.7 Å². The topological polar surface area (TPSA) is 75.4 Å². The van der Waals surface area contributed by atoms with Gasteiger partial charge >= 0.3 is 0 Å². The van der Waals surface area contributed by atoms with Gasteiger partial charge in [0.1, 0.15) is 0 Å². The molecular formula is C15H15BrN2O2. The van der Waals surface area contributed by atoms with Gasteiger partial charge in [-0.15, -0.1) is 0 Å². The first-order valence-electron chi connectivity index (χ1n) is 6.14. The predicted molar refractivity (Wildman–Crippen MR) is 82.3 cm³/mol. The summed E-state index contributed by atoms with van der Waals surface area (Å²) in [5.74, 6) is -0.249. The Hall–Kier alpha value is -1.85. The largest absolute Gasteiger partial charge is 0.398 e. The van der Waals surface area contributed by atoms with Crippen LogP contribution in [0.25, 0.3) is 0 Å². The van der Waals surface area contributed by atoms with Crippen LogP contribution in [0.5, 0.6) is 0 Å². The van der Waals surface area contributed by atoms with Crippen molar-refractivity contribution in [3.8, 4) is 0 Å². The Bertz CT molecular complexity index is 602. The maximum Gasteiger partial charge on any atom is 0.251 e. The van der Waals surface area contributed by atoms with Gasteiger partial charge in [0, 0.05) is 22.3 Å². The number of carbonyl (C=O) groups is 1. The number of rotatable bonds is 4. The highest BCUT2D eigenvalue weighted by atomic mass is 79.9. The number of aliphatic hydroxyl groups excluding tert-OH is 1. The van der Waals surface area contributed by atoms with E-state index in [2.05, 4.69) is 21.2 Å². The summed E-state index contributed by atoms with van der Waals surface area (Å²) < 4.78 is 0.675. The molecule has 0 saturated carbocycles. The number of amides is 1. The summed E-state index contributed by atoms with van der Waals surface area (Å²) in [6.45, 7) is 0.158. The number of aliphatic hydroxyl groups is 1. The van der Waals surface area contributed by atoms with Gasteiger partial charge < -0.3 is 16.2 Å². The van der Waals surface area contributed by atoms with Gasteiger partial charge in [-0.05, 0) is 39.7 Å². The van der Waals surface area contributed by atoms with E-state index >= 15 is 0 Å². The van der Waals surface area contributed by atoms with Gasteiger partial charge in [0.25, 0.3) is 5.91 Å². The van der Waals surface area contributed by atoms with Crippen LogP contribution < -0.4 is 11.1 Å². The van der Waals surface area contributed by atoms with Gasteiger partial charge in [0.2, 0.25) is 0 Å². The third-order valence-corrected chi connectivity index (χ3v) is 3.59. The predicted octanol–water partition coefficient (Wildman–Crippen LogP) is 2.49. The first-order valence-corrected chi connectivity index (χ1v) is 6.93. The van der Waals surface area contributed by atoms with Crippen LogP contribution in [0.1, 0.15) is 22.0 Å². The van der Waals surface area contributed by atoms with E-state index in [-0.39, 0.29) is 12.5 Å². The number of nitrogens with two attached hydrogens (primary N) is 1. The van der Waals surface area contributed by atoms with Crippen LogP contribution in [0.2, 0.25) is 0 Å². The van der Waals surface area contributed by atoms with Gasteiger partial charge in [0.05, 0.1) is 6.10 Å². The summed E-state index contributed by atoms with van der Waals surface area (Å²) in [6.07, 6.45) is -0.725. The first kappa shape index (κ1) is 14.6. The fourth-order valence-electron chi connectivity index (χ4n) is 1.75. The van der Waals surface area contributed by atoms with E-state index in [1.54, 1.807) is 18.2 Å². The minimum Gasteiger partial charge on any atom is -0.398 e. The van der Waals surface area contributed by atoms with E-state index < -0.39 is 6.10 Å². The van der Waals surface area contributed by atoms with E-state index in [0.717, 1.165) is 5.56 Å². The highest BCUT2D eigenvalue weighted by molar-refractivity contribution is 9.10. The molecule has 0 aliphatic carbocycles. The normalized spacial score (nSPS) is 11.9. The van der Waals surface area contributed by atoms with Crippen molar-refractivity contribution in [3.05, 3.63) is 64.1 Å². The molecule has 4 nitrogen and oxygen atoms in total. The van der Waals surface area contributed by atoms with Gasteiger partial charge in [0.15, 0.2) is 0 Å². The lowest BCUT2D eigenvalue weighted by atomic mass is 10.1. The van der Waals surface area contributed by atoms with E-state index in [9.17, 15) is 9.90 Å². The molecule has 0 aliphatic rings. The van der Waals surface area contributed by atoms with Gasteiger partial charge in [-0.3, -0.25) is 4.79 Å². The molecule has 1 unspecified atom stereocenters. The number of nitrogens with one attached hydrogen (secondary N) is 1. The number of nitrogen functional groups attached to an aromatic ring is 1. The Morgan fingerprint density at radius 1 is 1.25 bits per heavy atom. The average molecular weight is 335 g/mol. The number of carbonyl (C=O) groups excluding carboxylic acids is 1. The molecule has 1 atom stereocenters. The summed E-state index contributed by atoms with van der Waals surface area (Å²) in [4.78, 5) is 12.0. The molecule has 2 rings (SSSR count). The molecule has 2 aromatic carbocycles. The van der Waals surface area contributed by atoms with Gasteiger partial charge in [-0.2, -0.15) is 0 Å². The van der Waals surface area contributed by atoms with Crippen molar-refractivity contribution < 1.29 is 9.90 Å². The van der Waals surface area contributed by atoms with E-state index in [1.165, 1.54) is 0 Å². The van der Waals surface area contributed by atoms with Crippen LogP contribution in [0.4, 0.5) is 5.69 Å². The molecule has 1 amide bonds. The molecular weight excluding hydrogens is 320 g/mol. The molecule has 0 radical (unpaired) electrons. The highest BCUT2D eigenvalue weighted by Gasteiger charge is 2.11. The molecule has 0 heterocycles. The maximum absolute atomic E-state index is 12.0. The Morgan fingerprint density at radius 2 is 1.95 bits per heavy atom. The fourth-order valence-corrected chi connectivity index (χ4v) is 2.13. The van der Waals surface area contributed by atoms with Crippen molar-refractivity contribution in [2.75, 3.05) is 12.3 Å². The summed E-state index contributed by atoms with van der Waals surface area (Å²) in [5.41, 5.74) is 7.51. The van der Waals surface area contributed by atoms with Crippen molar-refractivity contribution in [3.63, 3.8) is 0 Å². The number of hydrogen-bond donors (Lipinski definition) is 3. The third kappa shape index (κ3) is 3.59. The zero-order valence-corrected chi connectivity index (χ0v) is 12.3. The second kappa shape index (κ2) is 6.54. The SMILES string of the molecule is Nc1ccc(C(=O)NCC(O)c2ccccc2)cc1Br. The molecule has 0 saturated heterocycles. The van der Waals surface area contributed by atoms with E-state index in [4.69, 9.17) is 5.73 Å². The fraction of sp³-hybridized carbons (Fsp3) is 0.133. The average Bonchev–Trinajstić information content (AvgIpc) is 2.48. The van der Waals surface area contributed by atoms with Gasteiger partial charge in [-0.1, -0.05) is 30.3 Å². The Kier molecular flexibility index (Phi) is 4.76. The van der Waals surface area contributed by atoms with Crippen molar-refractivity contribution >= 4 is 27.5 Å². The second-order valence-electron chi connectivity index (χ2n) is 4.37. The summed E-state index contributed by atoms with van der Waals surface area (Å²) in [7, 11) is 0. The zero-order chi connectivity index (χ0) is 14.5. The summed E-state index contributed by atoms with van der Waals surface area (Å²) in [6, 6.07) is 14.2. The molecule has 0 fully saturated rings. The molecule has 20 heavy (non-hydrogen) atoms. The van der Waals surface area contributed by atoms with Crippen molar-refractivity contribution in [1.82, 2.24) is 5.32 Å². The van der Waals surface area contributed by atoms with Crippen LogP contribution >= 0.6 is 15.9 Å². The monoisotopic (exact) mass is 334 g/mol. The number of halogens is 1. The molecule has 0 bridgehead atoms. The van der Waals surface area contributed by atoms with E-state index in [1.807, 2.05) is 30.3 Å². The highest BCUT2D eigenvalue weighted by Crippen LogP contribution is 2.20. The molecule has 4 N–H and O–H groups in total. The molecule has 0 spiro atoms. The molecule has 2 aromatic rings. The number of anilines is 1. The second-order valence-corrected chi connectivity index (χ2v) is 5.23. The number of hydrogen-bond acceptors (Lipinski definition) is 3. The molecule has 104 valence electrons. The minimum absolute atomic E-state index is 0.158. The van der Waals surface area contributed by atoms with Crippen LogP contribution in [0.3, 0.4) is 0 Å². The lowest BCUT2D eigenvalue weighted by molar-refractivity contribution is 0.0916. The van der Waals surface area contributed by atoms with Crippen LogP contribution in [0, 0.1) is 0 Å². The summed E-state index contributed by atoms with van der Waals surface area (Å²) >= 11 is 3.28. The quantitative estimate of drug-likeness (QED) is 0.752. The standard InChI is InChI=1S/C15H15BrN2O2/c16-12-8-11(6-7-13(12)17)15(20)18-9-14(19)10-4-2-1-3-5-10/h1-8,14,19H,9,17H2,(H,18,20). The van der Waals surface area contributed by atoms with Crippen molar-refractivity contribution in [2.24, 2.45) is 0 Å². The van der Waals surface area contributed by atoms with Gasteiger partial charge in [-0.25, -0.2) is 0 Å². The number of benzene rings is 2. The minimum atomic E-state index is -0.725. The Balaban J connectivity index is 1.97. The lowest BCUT2D eigenvalue weighted by Gasteiger charge is -2.12. The molecule has 0 aliphatic heterocycles. The van der Waals surface area contributed by atoms with Crippen molar-refractivity contribution in [1.29, 1.82) is 0 Å². The summed E-state index contributed by atoms with van der Waals surface area (Å²) in [5, 5.41) is 12.7. The maximum atomic E-state index is 12.0. The Morgan fingerprint density at radius 3 is 2.60 bits per heavy atom. The third-order valence-electron chi connectivity index (χ3n) is 2.90. The Labute approximate surface area is 125 Å². The molecule has 5 heteroatoms. The van der Waals surface area contributed by atoms with Crippen LogP contribution in [-0.2, 0) is 0 Å².